The summed E-state index contributed by atoms with van der Waals surface area (Å²) in [5.41, 5.74) is 2.64. The number of ether oxygens (including phenoxy) is 2. The summed E-state index contributed by atoms with van der Waals surface area (Å²) < 4.78 is 35.6. The van der Waals surface area contributed by atoms with E-state index in [0.29, 0.717) is 5.75 Å². The van der Waals surface area contributed by atoms with Crippen LogP contribution in [0.2, 0.25) is 0 Å². The van der Waals surface area contributed by atoms with Crippen LogP contribution in [-0.2, 0) is 13.6 Å². The molecule has 0 unspecified atom stereocenters. The molecule has 2 aromatic heterocycles. The maximum atomic E-state index is 12.3. The summed E-state index contributed by atoms with van der Waals surface area (Å²) in [6, 6.07) is 6.20. The first-order valence-electron chi connectivity index (χ1n) is 7.65. The molecular weight excluding hydrogens is 346 g/mol. The van der Waals surface area contributed by atoms with E-state index < -0.39 is 12.5 Å². The third-order valence-corrected chi connectivity index (χ3v) is 3.80. The maximum absolute atomic E-state index is 12.3. The fourth-order valence-corrected chi connectivity index (χ4v) is 2.62. The van der Waals surface area contributed by atoms with Crippen molar-refractivity contribution >= 4 is 16.9 Å². The van der Waals surface area contributed by atoms with Crippen LogP contribution in [0.5, 0.6) is 11.6 Å². The van der Waals surface area contributed by atoms with Gasteiger partial charge in [0.25, 0.3) is 5.91 Å². The molecule has 26 heavy (non-hydrogen) atoms. The van der Waals surface area contributed by atoms with E-state index in [4.69, 9.17) is 4.74 Å². The van der Waals surface area contributed by atoms with Gasteiger partial charge in [0.1, 0.15) is 5.75 Å². The van der Waals surface area contributed by atoms with E-state index in [-0.39, 0.29) is 18.0 Å². The quantitative estimate of drug-likeness (QED) is 0.729. The number of benzene rings is 1. The molecule has 0 aliphatic rings. The lowest BCUT2D eigenvalue weighted by Gasteiger charge is -2.12. The van der Waals surface area contributed by atoms with Gasteiger partial charge in [-0.3, -0.25) is 4.79 Å². The molecule has 0 aliphatic carbocycles. The average molecular weight is 362 g/mol. The molecule has 0 bridgehead atoms. The Hall–Kier alpha value is -3.23. The fourth-order valence-electron chi connectivity index (χ4n) is 2.62. The van der Waals surface area contributed by atoms with Crippen LogP contribution in [-0.4, -0.2) is 34.2 Å². The van der Waals surface area contributed by atoms with Crippen molar-refractivity contribution in [2.75, 3.05) is 7.11 Å². The predicted molar refractivity (Wildman–Crippen MR) is 89.3 cm³/mol. The highest BCUT2D eigenvalue weighted by molar-refractivity contribution is 5.94. The molecule has 0 atom stereocenters. The first-order chi connectivity index (χ1) is 12.5. The number of halogens is 2. The molecule has 3 aromatic rings. The van der Waals surface area contributed by atoms with Gasteiger partial charge in [0.15, 0.2) is 0 Å². The van der Waals surface area contributed by atoms with E-state index in [2.05, 4.69) is 20.0 Å². The minimum atomic E-state index is -2.96. The summed E-state index contributed by atoms with van der Waals surface area (Å²) in [5.74, 6) is -0.0274. The van der Waals surface area contributed by atoms with Gasteiger partial charge in [-0.25, -0.2) is 9.97 Å². The van der Waals surface area contributed by atoms with Gasteiger partial charge in [0.05, 0.1) is 30.0 Å². The van der Waals surface area contributed by atoms with Gasteiger partial charge in [0, 0.05) is 31.4 Å². The van der Waals surface area contributed by atoms with Crippen LogP contribution < -0.4 is 14.8 Å². The number of hydrogen-bond acceptors (Lipinski definition) is 5. The van der Waals surface area contributed by atoms with Gasteiger partial charge in [0.2, 0.25) is 5.88 Å². The Kier molecular flexibility index (Phi) is 4.97. The lowest BCUT2D eigenvalue weighted by atomic mass is 10.1. The van der Waals surface area contributed by atoms with Crippen LogP contribution in [0.1, 0.15) is 15.9 Å². The van der Waals surface area contributed by atoms with Crippen molar-refractivity contribution in [3.8, 4) is 11.6 Å². The highest BCUT2D eigenvalue weighted by atomic mass is 19.3. The van der Waals surface area contributed by atoms with Crippen molar-refractivity contribution in [1.29, 1.82) is 0 Å². The SMILES string of the molecule is COc1ccc2ncn(C)c2c1CNC(=O)c1ccc(OC(F)F)nc1. The lowest BCUT2D eigenvalue weighted by Crippen LogP contribution is -2.23. The Bertz CT molecular complexity index is 926. The number of aryl methyl sites for hydroxylation is 1. The highest BCUT2D eigenvalue weighted by Crippen LogP contribution is 2.27. The van der Waals surface area contributed by atoms with Crippen molar-refractivity contribution in [3.63, 3.8) is 0 Å². The van der Waals surface area contributed by atoms with E-state index in [9.17, 15) is 13.6 Å². The van der Waals surface area contributed by atoms with Crippen LogP contribution in [0.25, 0.3) is 11.0 Å². The number of imidazole rings is 1. The second kappa shape index (κ2) is 7.34. The molecule has 3 rings (SSSR count). The monoisotopic (exact) mass is 362 g/mol. The number of hydrogen-bond donors (Lipinski definition) is 1. The summed E-state index contributed by atoms with van der Waals surface area (Å²) in [7, 11) is 3.40. The van der Waals surface area contributed by atoms with Gasteiger partial charge >= 0.3 is 6.61 Å². The summed E-state index contributed by atoms with van der Waals surface area (Å²) in [6.45, 7) is -2.76. The summed E-state index contributed by atoms with van der Waals surface area (Å²) in [4.78, 5) is 20.3. The van der Waals surface area contributed by atoms with Gasteiger partial charge in [-0.1, -0.05) is 0 Å². The number of methoxy groups -OCH3 is 1. The van der Waals surface area contributed by atoms with E-state index in [1.807, 2.05) is 17.7 Å². The highest BCUT2D eigenvalue weighted by Gasteiger charge is 2.14. The van der Waals surface area contributed by atoms with Crippen LogP contribution in [0, 0.1) is 0 Å². The fraction of sp³-hybridized carbons (Fsp3) is 0.235. The van der Waals surface area contributed by atoms with Crippen molar-refractivity contribution in [1.82, 2.24) is 19.9 Å². The lowest BCUT2D eigenvalue weighted by molar-refractivity contribution is -0.0528. The second-order valence-electron chi connectivity index (χ2n) is 5.42. The van der Waals surface area contributed by atoms with E-state index in [0.717, 1.165) is 16.6 Å². The molecule has 9 heteroatoms. The van der Waals surface area contributed by atoms with Crippen molar-refractivity contribution < 1.29 is 23.0 Å². The summed E-state index contributed by atoms with van der Waals surface area (Å²) in [5, 5.41) is 2.77. The zero-order valence-corrected chi connectivity index (χ0v) is 14.1. The number of pyridine rings is 1. The van der Waals surface area contributed by atoms with Gasteiger partial charge in [-0.2, -0.15) is 8.78 Å². The van der Waals surface area contributed by atoms with Gasteiger partial charge < -0.3 is 19.4 Å². The topological polar surface area (TPSA) is 78.3 Å². The number of fused-ring (bicyclic) bond motifs is 1. The number of aromatic nitrogens is 3. The van der Waals surface area contributed by atoms with Crippen LogP contribution in [0.3, 0.4) is 0 Å². The van der Waals surface area contributed by atoms with Crippen LogP contribution in [0.15, 0.2) is 36.8 Å². The largest absolute Gasteiger partial charge is 0.496 e. The Morgan fingerprint density at radius 3 is 2.73 bits per heavy atom. The van der Waals surface area contributed by atoms with Crippen LogP contribution in [0.4, 0.5) is 8.78 Å². The number of nitrogens with zero attached hydrogens (tertiary/aromatic N) is 3. The van der Waals surface area contributed by atoms with Crippen molar-refractivity contribution in [2.45, 2.75) is 13.2 Å². The van der Waals surface area contributed by atoms with Gasteiger partial charge in [-0.15, -0.1) is 0 Å². The normalized spacial score (nSPS) is 11.0. The van der Waals surface area contributed by atoms with Crippen molar-refractivity contribution in [3.05, 3.63) is 47.9 Å². The molecule has 0 fully saturated rings. The smallest absolute Gasteiger partial charge is 0.388 e. The molecule has 1 N–H and O–H groups in total. The molecule has 0 aliphatic heterocycles. The van der Waals surface area contributed by atoms with Crippen molar-refractivity contribution in [2.24, 2.45) is 7.05 Å². The van der Waals surface area contributed by atoms with E-state index >= 15 is 0 Å². The standard InChI is InChI=1S/C17H16F2N4O3/c1-23-9-22-12-4-5-13(25-2)11(15(12)23)8-21-16(24)10-3-6-14(20-7-10)26-17(18)19/h3-7,9,17H,8H2,1-2H3,(H,21,24). The summed E-state index contributed by atoms with van der Waals surface area (Å²) >= 11 is 0. The number of nitrogens with one attached hydrogen (secondary N) is 1. The van der Waals surface area contributed by atoms with E-state index in [1.165, 1.54) is 18.3 Å². The summed E-state index contributed by atoms with van der Waals surface area (Å²) in [6.07, 6.45) is 2.86. The molecule has 1 amide bonds. The Labute approximate surface area is 147 Å². The molecule has 2 heterocycles. The number of rotatable bonds is 6. The predicted octanol–water partition coefficient (Wildman–Crippen LogP) is 2.51. The minimum absolute atomic E-state index is 0.203. The zero-order chi connectivity index (χ0) is 18.7. The van der Waals surface area contributed by atoms with Gasteiger partial charge in [-0.05, 0) is 18.2 Å². The average Bonchev–Trinajstić information content (AvgIpc) is 3.01. The third-order valence-electron chi connectivity index (χ3n) is 3.80. The van der Waals surface area contributed by atoms with Crippen LogP contribution >= 0.6 is 0 Å². The number of carbonyl (C=O) groups excluding carboxylic acids is 1. The molecule has 0 spiro atoms. The minimum Gasteiger partial charge on any atom is -0.496 e. The first kappa shape index (κ1) is 17.6. The second-order valence-corrected chi connectivity index (χ2v) is 5.42. The molecule has 0 saturated carbocycles. The Balaban J connectivity index is 1.77. The molecule has 7 nitrogen and oxygen atoms in total. The number of carbonyl (C=O) groups is 1. The zero-order valence-electron chi connectivity index (χ0n) is 14.1. The molecule has 0 radical (unpaired) electrons. The maximum Gasteiger partial charge on any atom is 0.388 e. The molecular formula is C17H16F2N4O3. The Morgan fingerprint density at radius 1 is 1.27 bits per heavy atom. The van der Waals surface area contributed by atoms with E-state index in [1.54, 1.807) is 19.5 Å². The number of amides is 1. The number of alkyl halides is 2. The third kappa shape index (κ3) is 3.56. The molecule has 136 valence electrons. The molecule has 1 aromatic carbocycles. The first-order valence-corrected chi connectivity index (χ1v) is 7.65. The molecule has 0 saturated heterocycles. The Morgan fingerprint density at radius 2 is 2.08 bits per heavy atom.